The van der Waals surface area contributed by atoms with Crippen LogP contribution in [0, 0.1) is 0 Å². The minimum Gasteiger partial charge on any atom is -0.497 e. The summed E-state index contributed by atoms with van der Waals surface area (Å²) >= 11 is 0. The van der Waals surface area contributed by atoms with E-state index in [4.69, 9.17) is 4.74 Å². The average molecular weight is 368 g/mol. The molecule has 2 aromatic carbocycles. The predicted octanol–water partition coefficient (Wildman–Crippen LogP) is 3.85. The molecule has 0 bridgehead atoms. The Bertz CT molecular complexity index is 769. The maximum atomic E-state index is 12.5. The molecule has 0 unspecified atom stereocenters. The van der Waals surface area contributed by atoms with Gasteiger partial charge in [0.25, 0.3) is 0 Å². The number of amides is 2. The molecule has 0 spiro atoms. The van der Waals surface area contributed by atoms with Gasteiger partial charge in [0.15, 0.2) is 0 Å². The average Bonchev–Trinajstić information content (AvgIpc) is 2.65. The van der Waals surface area contributed by atoms with Crippen molar-refractivity contribution in [2.24, 2.45) is 0 Å². The van der Waals surface area contributed by atoms with Gasteiger partial charge in [0, 0.05) is 19.2 Å². The zero-order valence-corrected chi connectivity index (χ0v) is 16.5. The third kappa shape index (κ3) is 6.13. The predicted molar refractivity (Wildman–Crippen MR) is 108 cm³/mol. The molecule has 27 heavy (non-hydrogen) atoms. The Morgan fingerprint density at radius 1 is 1.07 bits per heavy atom. The summed E-state index contributed by atoms with van der Waals surface area (Å²) in [5.74, 6) is 0.801. The molecule has 2 amide bonds. The van der Waals surface area contributed by atoms with Crippen molar-refractivity contribution < 1.29 is 14.3 Å². The van der Waals surface area contributed by atoms with Crippen molar-refractivity contribution in [2.45, 2.75) is 33.1 Å². The molecule has 2 aromatic rings. The molecule has 5 heteroatoms. The molecule has 0 atom stereocenters. The number of hydrogen-bond acceptors (Lipinski definition) is 3. The normalized spacial score (nSPS) is 10.6. The van der Waals surface area contributed by atoms with Gasteiger partial charge in [-0.05, 0) is 41.7 Å². The fourth-order valence-corrected chi connectivity index (χ4v) is 2.88. The number of nitrogens with one attached hydrogen (secondary N) is 1. The molecule has 0 heterocycles. The Hall–Kier alpha value is -2.82. The minimum absolute atomic E-state index is 0.0396. The Morgan fingerprint density at radius 3 is 2.33 bits per heavy atom. The lowest BCUT2D eigenvalue weighted by molar-refractivity contribution is -0.132. The van der Waals surface area contributed by atoms with Gasteiger partial charge in [0.2, 0.25) is 11.8 Å². The molecule has 0 fully saturated rings. The van der Waals surface area contributed by atoms with Gasteiger partial charge in [-0.25, -0.2) is 0 Å². The zero-order valence-electron chi connectivity index (χ0n) is 16.5. The van der Waals surface area contributed by atoms with E-state index in [2.05, 4.69) is 19.2 Å². The lowest BCUT2D eigenvalue weighted by Crippen LogP contribution is -2.38. The summed E-state index contributed by atoms with van der Waals surface area (Å²) in [7, 11) is 1.63. The van der Waals surface area contributed by atoms with Crippen LogP contribution in [0.1, 0.15) is 37.8 Å². The zero-order chi connectivity index (χ0) is 19.8. The first-order valence-electron chi connectivity index (χ1n) is 9.18. The van der Waals surface area contributed by atoms with E-state index in [-0.39, 0.29) is 18.4 Å². The second-order valence-electron chi connectivity index (χ2n) is 6.83. The second-order valence-corrected chi connectivity index (χ2v) is 6.83. The van der Waals surface area contributed by atoms with Crippen LogP contribution in [-0.4, -0.2) is 36.9 Å². The number of carbonyl (C=O) groups excluding carboxylic acids is 2. The van der Waals surface area contributed by atoms with Crippen LogP contribution in [0.5, 0.6) is 5.75 Å². The summed E-state index contributed by atoms with van der Waals surface area (Å²) in [5, 5.41) is 2.94. The molecule has 0 aliphatic heterocycles. The highest BCUT2D eigenvalue weighted by Crippen LogP contribution is 2.23. The van der Waals surface area contributed by atoms with Crippen molar-refractivity contribution >= 4 is 17.5 Å². The van der Waals surface area contributed by atoms with Crippen LogP contribution in [0.2, 0.25) is 0 Å². The first kappa shape index (κ1) is 20.5. The quantitative estimate of drug-likeness (QED) is 0.770. The maximum Gasteiger partial charge on any atom is 0.244 e. The van der Waals surface area contributed by atoms with Crippen LogP contribution in [0.3, 0.4) is 0 Å². The molecule has 1 N–H and O–H groups in total. The van der Waals surface area contributed by atoms with E-state index in [1.165, 1.54) is 6.92 Å². The van der Waals surface area contributed by atoms with Gasteiger partial charge in [-0.15, -0.1) is 0 Å². The Morgan fingerprint density at radius 2 is 1.74 bits per heavy atom. The largest absolute Gasteiger partial charge is 0.497 e. The number of benzene rings is 2. The van der Waals surface area contributed by atoms with Crippen molar-refractivity contribution in [3.63, 3.8) is 0 Å². The fourth-order valence-electron chi connectivity index (χ4n) is 2.88. The lowest BCUT2D eigenvalue weighted by Gasteiger charge is -2.21. The van der Waals surface area contributed by atoms with Gasteiger partial charge in [-0.1, -0.05) is 44.2 Å². The highest BCUT2D eigenvalue weighted by atomic mass is 16.5. The van der Waals surface area contributed by atoms with E-state index in [9.17, 15) is 9.59 Å². The molecular formula is C22H28N2O3. The molecule has 5 nitrogen and oxygen atoms in total. The van der Waals surface area contributed by atoms with Crippen LogP contribution < -0.4 is 10.1 Å². The molecule has 0 aromatic heterocycles. The molecule has 0 aliphatic carbocycles. The summed E-state index contributed by atoms with van der Waals surface area (Å²) < 4.78 is 5.15. The monoisotopic (exact) mass is 368 g/mol. The summed E-state index contributed by atoms with van der Waals surface area (Å²) in [6.45, 7) is 6.19. The number of methoxy groups -OCH3 is 1. The molecule has 144 valence electrons. The van der Waals surface area contributed by atoms with E-state index in [0.717, 1.165) is 22.6 Å². The van der Waals surface area contributed by atoms with Crippen molar-refractivity contribution in [1.29, 1.82) is 0 Å². The summed E-state index contributed by atoms with van der Waals surface area (Å²) in [6, 6.07) is 15.5. The van der Waals surface area contributed by atoms with Gasteiger partial charge < -0.3 is 15.0 Å². The van der Waals surface area contributed by atoms with Crippen LogP contribution >= 0.6 is 0 Å². The Labute approximate surface area is 161 Å². The molecular weight excluding hydrogens is 340 g/mol. The van der Waals surface area contributed by atoms with Crippen molar-refractivity contribution in [3.05, 3.63) is 59.7 Å². The van der Waals surface area contributed by atoms with Crippen molar-refractivity contribution in [3.8, 4) is 5.75 Å². The number of carbonyl (C=O) groups is 2. The summed E-state index contributed by atoms with van der Waals surface area (Å²) in [4.78, 5) is 26.0. The first-order valence-corrected chi connectivity index (χ1v) is 9.18. The van der Waals surface area contributed by atoms with E-state index in [0.29, 0.717) is 18.9 Å². The number of para-hydroxylation sites is 1. The van der Waals surface area contributed by atoms with Gasteiger partial charge in [-0.3, -0.25) is 9.59 Å². The summed E-state index contributed by atoms with van der Waals surface area (Å²) in [6.07, 6.45) is 0.680. The molecule has 0 saturated carbocycles. The van der Waals surface area contributed by atoms with Gasteiger partial charge in [0.1, 0.15) is 5.75 Å². The third-order valence-electron chi connectivity index (χ3n) is 4.47. The number of nitrogens with zero attached hydrogens (tertiary/aromatic N) is 1. The molecule has 0 aliphatic rings. The van der Waals surface area contributed by atoms with E-state index < -0.39 is 0 Å². The van der Waals surface area contributed by atoms with Gasteiger partial charge in [0.05, 0.1) is 13.7 Å². The van der Waals surface area contributed by atoms with Crippen molar-refractivity contribution in [2.75, 3.05) is 25.5 Å². The Kier molecular flexibility index (Phi) is 7.41. The van der Waals surface area contributed by atoms with E-state index in [1.807, 2.05) is 48.5 Å². The lowest BCUT2D eigenvalue weighted by atomic mass is 10.0. The maximum absolute atomic E-state index is 12.5. The minimum atomic E-state index is -0.187. The van der Waals surface area contributed by atoms with Gasteiger partial charge in [-0.2, -0.15) is 0 Å². The van der Waals surface area contributed by atoms with Crippen molar-refractivity contribution in [1.82, 2.24) is 4.90 Å². The highest BCUT2D eigenvalue weighted by Gasteiger charge is 2.15. The van der Waals surface area contributed by atoms with Crippen LogP contribution in [0.4, 0.5) is 5.69 Å². The van der Waals surface area contributed by atoms with Gasteiger partial charge >= 0.3 is 0 Å². The first-order chi connectivity index (χ1) is 12.9. The SMILES string of the molecule is COc1ccc(CCN(CC(=O)Nc2ccccc2C(C)C)C(C)=O)cc1. The fraction of sp³-hybridized carbons (Fsp3) is 0.364. The number of hydrogen-bond donors (Lipinski definition) is 1. The standard InChI is InChI=1S/C22H28N2O3/c1-16(2)20-7-5-6-8-21(20)23-22(26)15-24(17(3)25)14-13-18-9-11-19(27-4)12-10-18/h5-12,16H,13-15H2,1-4H3,(H,23,26). The topological polar surface area (TPSA) is 58.6 Å². The van der Waals surface area contributed by atoms with E-state index >= 15 is 0 Å². The number of ether oxygens (including phenoxy) is 1. The van der Waals surface area contributed by atoms with Crippen LogP contribution in [-0.2, 0) is 16.0 Å². The van der Waals surface area contributed by atoms with E-state index in [1.54, 1.807) is 12.0 Å². The third-order valence-corrected chi connectivity index (χ3v) is 4.47. The summed E-state index contributed by atoms with van der Waals surface area (Å²) in [5.41, 5.74) is 2.97. The molecule has 2 rings (SSSR count). The Balaban J connectivity index is 1.96. The highest BCUT2D eigenvalue weighted by molar-refractivity contribution is 5.95. The molecule has 0 saturated heterocycles. The van der Waals surface area contributed by atoms with Crippen LogP contribution in [0.15, 0.2) is 48.5 Å². The number of anilines is 1. The van der Waals surface area contributed by atoms with Crippen LogP contribution in [0.25, 0.3) is 0 Å². The smallest absolute Gasteiger partial charge is 0.244 e. The molecule has 0 radical (unpaired) electrons. The number of rotatable bonds is 8. The second kappa shape index (κ2) is 9.76.